The average Bonchev–Trinajstić information content (AvgIpc) is 3.41. The van der Waals surface area contributed by atoms with Gasteiger partial charge in [-0.3, -0.25) is 4.79 Å². The zero-order valence-electron chi connectivity index (χ0n) is 17.3. The molecule has 1 aromatic heterocycles. The average molecular weight is 458 g/mol. The van der Waals surface area contributed by atoms with E-state index in [2.05, 4.69) is 5.43 Å². The second-order valence-corrected chi connectivity index (χ2v) is 8.67. The third kappa shape index (κ3) is 5.03. The number of nitrogens with zero attached hydrogens (tertiary/aromatic N) is 2. The minimum absolute atomic E-state index is 0.152. The van der Waals surface area contributed by atoms with Gasteiger partial charge in [0.1, 0.15) is 5.70 Å². The predicted octanol–water partition coefficient (Wildman–Crippen LogP) is 5.53. The van der Waals surface area contributed by atoms with E-state index in [0.717, 1.165) is 22.2 Å². The number of rotatable bonds is 6. The molecule has 0 fully saturated rings. The minimum atomic E-state index is -4.44. The second kappa shape index (κ2) is 9.18. The minimum Gasteiger partial charge on any atom is -0.329 e. The van der Waals surface area contributed by atoms with E-state index >= 15 is 0 Å². The molecule has 0 bridgehead atoms. The number of hydrogen-bond acceptors (Lipinski definition) is 4. The highest BCUT2D eigenvalue weighted by Crippen LogP contribution is 2.36. The first-order chi connectivity index (χ1) is 15.3. The number of thiophene rings is 1. The van der Waals surface area contributed by atoms with E-state index in [0.29, 0.717) is 22.8 Å². The molecule has 1 aliphatic rings. The van der Waals surface area contributed by atoms with Gasteiger partial charge in [-0.15, -0.1) is 11.3 Å². The Balaban J connectivity index is 1.56. The lowest BCUT2D eigenvalue weighted by Gasteiger charge is -2.22. The number of nitrogens with one attached hydrogen (secondary N) is 1. The second-order valence-electron chi connectivity index (χ2n) is 7.55. The van der Waals surface area contributed by atoms with Crippen molar-refractivity contribution in [3.05, 3.63) is 105 Å². The molecule has 0 spiro atoms. The van der Waals surface area contributed by atoms with Gasteiger partial charge in [0.25, 0.3) is 5.91 Å². The van der Waals surface area contributed by atoms with Crippen LogP contribution in [0.3, 0.4) is 0 Å². The van der Waals surface area contributed by atoms with Gasteiger partial charge < -0.3 is 9.91 Å². The summed E-state index contributed by atoms with van der Waals surface area (Å²) >= 11 is 1.21. The summed E-state index contributed by atoms with van der Waals surface area (Å²) in [6.45, 7) is 0.870. The maximum absolute atomic E-state index is 13.4. The van der Waals surface area contributed by atoms with Crippen molar-refractivity contribution in [2.45, 2.75) is 25.3 Å². The van der Waals surface area contributed by atoms with Crippen LogP contribution >= 0.6 is 11.3 Å². The number of amides is 1. The molecule has 2 heterocycles. The SMILES string of the molecule is CN1NC(c2ccc(C(=O)N(Cc3ccccc3)Cc3ccccc3)s2)C=C1C(F)(F)F. The van der Waals surface area contributed by atoms with Crippen LogP contribution in [-0.4, -0.2) is 29.0 Å². The van der Waals surface area contributed by atoms with Crippen LogP contribution < -0.4 is 5.43 Å². The molecule has 0 saturated carbocycles. The number of alkyl halides is 3. The summed E-state index contributed by atoms with van der Waals surface area (Å²) in [5.74, 6) is -0.152. The molecular formula is C24H22F3N3OS. The number of hydrazine groups is 1. The molecule has 1 atom stereocenters. The van der Waals surface area contributed by atoms with Gasteiger partial charge >= 0.3 is 6.18 Å². The van der Waals surface area contributed by atoms with Crippen molar-refractivity contribution in [3.8, 4) is 0 Å². The Morgan fingerprint density at radius 1 is 0.969 bits per heavy atom. The van der Waals surface area contributed by atoms with Gasteiger partial charge in [0.05, 0.1) is 10.9 Å². The lowest BCUT2D eigenvalue weighted by molar-refractivity contribution is -0.110. The maximum atomic E-state index is 13.4. The van der Waals surface area contributed by atoms with Crippen molar-refractivity contribution >= 4 is 17.2 Å². The highest BCUT2D eigenvalue weighted by molar-refractivity contribution is 7.14. The number of carbonyl (C=O) groups excluding carboxylic acids is 1. The van der Waals surface area contributed by atoms with Gasteiger partial charge in [-0.05, 0) is 29.3 Å². The third-order valence-corrected chi connectivity index (χ3v) is 6.33. The monoisotopic (exact) mass is 457 g/mol. The fraction of sp³-hybridized carbons (Fsp3) is 0.208. The van der Waals surface area contributed by atoms with E-state index in [9.17, 15) is 18.0 Å². The summed E-state index contributed by atoms with van der Waals surface area (Å²) in [7, 11) is 1.33. The van der Waals surface area contributed by atoms with E-state index < -0.39 is 17.9 Å². The molecule has 1 N–H and O–H groups in total. The standard InChI is InChI=1S/C24H22F3N3OS/c1-29-22(24(25,26)27)14-19(28-29)20-12-13-21(32-20)23(31)30(15-17-8-4-2-5-9-17)16-18-10-6-3-7-11-18/h2-14,19,28H,15-16H2,1H3. The molecule has 166 valence electrons. The molecule has 4 nitrogen and oxygen atoms in total. The van der Waals surface area contributed by atoms with Crippen molar-refractivity contribution in [1.29, 1.82) is 0 Å². The van der Waals surface area contributed by atoms with Gasteiger partial charge in [0, 0.05) is 25.0 Å². The number of hydrogen-bond donors (Lipinski definition) is 1. The van der Waals surface area contributed by atoms with Gasteiger partial charge in [-0.1, -0.05) is 60.7 Å². The van der Waals surface area contributed by atoms with Crippen molar-refractivity contribution in [3.63, 3.8) is 0 Å². The van der Waals surface area contributed by atoms with Crippen LogP contribution in [0.15, 0.2) is 84.6 Å². The van der Waals surface area contributed by atoms with Crippen LogP contribution in [0.5, 0.6) is 0 Å². The van der Waals surface area contributed by atoms with Crippen LogP contribution in [0.4, 0.5) is 13.2 Å². The summed E-state index contributed by atoms with van der Waals surface area (Å²) in [5.41, 5.74) is 4.07. The van der Waals surface area contributed by atoms with Crippen molar-refractivity contribution in [1.82, 2.24) is 15.3 Å². The van der Waals surface area contributed by atoms with Crippen molar-refractivity contribution in [2.24, 2.45) is 0 Å². The Kier molecular flexibility index (Phi) is 6.34. The zero-order chi connectivity index (χ0) is 22.7. The first-order valence-corrected chi connectivity index (χ1v) is 10.9. The summed E-state index contributed by atoms with van der Waals surface area (Å²) in [6.07, 6.45) is -3.29. The largest absolute Gasteiger partial charge is 0.432 e. The van der Waals surface area contributed by atoms with E-state index in [1.807, 2.05) is 60.7 Å². The Labute approximate surface area is 188 Å². The molecule has 8 heteroatoms. The molecular weight excluding hydrogens is 435 g/mol. The van der Waals surface area contributed by atoms with E-state index in [4.69, 9.17) is 0 Å². The van der Waals surface area contributed by atoms with E-state index in [1.165, 1.54) is 18.4 Å². The quantitative estimate of drug-likeness (QED) is 0.529. The van der Waals surface area contributed by atoms with Gasteiger partial charge in [0.2, 0.25) is 0 Å². The van der Waals surface area contributed by atoms with Crippen LogP contribution in [0, 0.1) is 0 Å². The molecule has 4 rings (SSSR count). The first kappa shape index (κ1) is 22.1. The van der Waals surface area contributed by atoms with Crippen molar-refractivity contribution in [2.75, 3.05) is 7.05 Å². The third-order valence-electron chi connectivity index (χ3n) is 5.17. The fourth-order valence-corrected chi connectivity index (χ4v) is 4.60. The molecule has 2 aromatic carbocycles. The summed E-state index contributed by atoms with van der Waals surface area (Å²) in [5, 5.41) is 0.975. The molecule has 1 aliphatic heterocycles. The molecule has 0 saturated heterocycles. The fourth-order valence-electron chi connectivity index (χ4n) is 3.61. The normalized spacial score (nSPS) is 16.2. The van der Waals surface area contributed by atoms with Crippen LogP contribution in [0.25, 0.3) is 0 Å². The Morgan fingerprint density at radius 3 is 2.03 bits per heavy atom. The molecule has 3 aromatic rings. The highest BCUT2D eigenvalue weighted by Gasteiger charge is 2.41. The number of carbonyl (C=O) groups is 1. The van der Waals surface area contributed by atoms with Crippen LogP contribution in [0.2, 0.25) is 0 Å². The summed E-state index contributed by atoms with van der Waals surface area (Å²) in [4.78, 5) is 16.3. The van der Waals surface area contributed by atoms with Gasteiger partial charge in [-0.2, -0.15) is 13.2 Å². The molecule has 1 unspecified atom stereocenters. The maximum Gasteiger partial charge on any atom is 0.432 e. The summed E-state index contributed by atoms with van der Waals surface area (Å²) < 4.78 is 39.4. The summed E-state index contributed by atoms with van der Waals surface area (Å²) in [6, 6.07) is 22.2. The number of halogens is 3. The molecule has 0 aliphatic carbocycles. The van der Waals surface area contributed by atoms with Gasteiger partial charge in [-0.25, -0.2) is 5.43 Å². The Hall–Kier alpha value is -3.10. The lowest BCUT2D eigenvalue weighted by atomic mass is 10.1. The topological polar surface area (TPSA) is 35.6 Å². The Morgan fingerprint density at radius 2 is 1.53 bits per heavy atom. The molecule has 0 radical (unpaired) electrons. The highest BCUT2D eigenvalue weighted by atomic mass is 32.1. The lowest BCUT2D eigenvalue weighted by Crippen LogP contribution is -2.34. The zero-order valence-corrected chi connectivity index (χ0v) is 18.2. The number of benzene rings is 2. The smallest absolute Gasteiger partial charge is 0.329 e. The predicted molar refractivity (Wildman–Crippen MR) is 119 cm³/mol. The Bertz CT molecular complexity index is 1050. The van der Waals surface area contributed by atoms with Crippen LogP contribution in [-0.2, 0) is 13.1 Å². The number of allylic oxidation sites excluding steroid dienone is 1. The van der Waals surface area contributed by atoms with Crippen LogP contribution in [0.1, 0.15) is 31.7 Å². The van der Waals surface area contributed by atoms with E-state index in [-0.39, 0.29) is 5.91 Å². The molecule has 1 amide bonds. The first-order valence-electron chi connectivity index (χ1n) is 10.1. The van der Waals surface area contributed by atoms with E-state index in [1.54, 1.807) is 17.0 Å². The van der Waals surface area contributed by atoms with Gasteiger partial charge in [0.15, 0.2) is 0 Å². The molecule has 32 heavy (non-hydrogen) atoms. The van der Waals surface area contributed by atoms with Crippen molar-refractivity contribution < 1.29 is 18.0 Å².